The summed E-state index contributed by atoms with van der Waals surface area (Å²) in [6.07, 6.45) is 0. The lowest BCUT2D eigenvalue weighted by atomic mass is 10.3. The minimum absolute atomic E-state index is 0.140. The van der Waals surface area contributed by atoms with Crippen LogP contribution in [0.4, 0.5) is 0 Å². The Balaban J connectivity index is 1.60. The molecule has 0 aliphatic carbocycles. The van der Waals surface area contributed by atoms with Crippen molar-refractivity contribution in [2.75, 3.05) is 19.5 Å². The van der Waals surface area contributed by atoms with Gasteiger partial charge in [-0.2, -0.15) is 0 Å². The fourth-order valence-corrected chi connectivity index (χ4v) is 3.78. The number of benzene rings is 1. The number of aromatic nitrogens is 2. The SMILES string of the molecule is COCCn1c(SCC(=O)NNC(=O)c2cccs2)nc2ccccc21. The molecule has 0 aliphatic heterocycles. The number of amides is 2. The number of rotatable bonds is 7. The van der Waals surface area contributed by atoms with Crippen molar-refractivity contribution in [1.29, 1.82) is 0 Å². The third-order valence-corrected chi connectivity index (χ3v) is 5.38. The minimum atomic E-state index is -0.328. The van der Waals surface area contributed by atoms with Crippen LogP contribution in [0.2, 0.25) is 0 Å². The number of hydrazine groups is 1. The summed E-state index contributed by atoms with van der Waals surface area (Å²) in [4.78, 5) is 29.0. The van der Waals surface area contributed by atoms with Crippen LogP contribution in [0.5, 0.6) is 0 Å². The first kappa shape index (κ1) is 18.4. The van der Waals surface area contributed by atoms with Gasteiger partial charge in [0.1, 0.15) is 0 Å². The Morgan fingerprint density at radius 2 is 2.08 bits per heavy atom. The Morgan fingerprint density at radius 1 is 1.23 bits per heavy atom. The summed E-state index contributed by atoms with van der Waals surface area (Å²) >= 11 is 2.63. The van der Waals surface area contributed by atoms with E-state index in [1.807, 2.05) is 28.8 Å². The Hall–Kier alpha value is -2.36. The summed E-state index contributed by atoms with van der Waals surface area (Å²) in [6.45, 7) is 1.20. The van der Waals surface area contributed by atoms with Gasteiger partial charge in [0.05, 0.1) is 28.3 Å². The molecule has 3 aromatic rings. The van der Waals surface area contributed by atoms with E-state index in [4.69, 9.17) is 4.74 Å². The van der Waals surface area contributed by atoms with Crippen molar-refractivity contribution in [1.82, 2.24) is 20.4 Å². The number of imidazole rings is 1. The summed E-state index contributed by atoms with van der Waals surface area (Å²) in [5.41, 5.74) is 6.70. The van der Waals surface area contributed by atoms with E-state index in [1.165, 1.54) is 23.1 Å². The molecule has 9 heteroatoms. The lowest BCUT2D eigenvalue weighted by Crippen LogP contribution is -2.42. The third-order valence-electron chi connectivity index (χ3n) is 3.53. The molecule has 1 aromatic carbocycles. The van der Waals surface area contributed by atoms with E-state index < -0.39 is 0 Å². The predicted octanol–water partition coefficient (Wildman–Crippen LogP) is 2.30. The van der Waals surface area contributed by atoms with Crippen molar-refractivity contribution in [3.8, 4) is 0 Å². The highest BCUT2D eigenvalue weighted by Crippen LogP contribution is 2.23. The Bertz CT molecular complexity index is 893. The molecule has 0 unspecified atom stereocenters. The van der Waals surface area contributed by atoms with Gasteiger partial charge in [-0.3, -0.25) is 20.4 Å². The number of thiophene rings is 1. The van der Waals surface area contributed by atoms with Gasteiger partial charge in [0.25, 0.3) is 5.91 Å². The summed E-state index contributed by atoms with van der Waals surface area (Å²) in [7, 11) is 1.65. The molecule has 0 spiro atoms. The number of carbonyl (C=O) groups excluding carboxylic acids is 2. The quantitative estimate of drug-likeness (QED) is 0.478. The fraction of sp³-hybridized carbons (Fsp3) is 0.235. The molecule has 136 valence electrons. The molecule has 7 nitrogen and oxygen atoms in total. The Labute approximate surface area is 158 Å². The first-order chi connectivity index (χ1) is 12.7. The van der Waals surface area contributed by atoms with Gasteiger partial charge in [-0.05, 0) is 23.6 Å². The van der Waals surface area contributed by atoms with Crippen LogP contribution in [-0.4, -0.2) is 40.8 Å². The van der Waals surface area contributed by atoms with Gasteiger partial charge in [0.2, 0.25) is 5.91 Å². The van der Waals surface area contributed by atoms with Gasteiger partial charge in [0, 0.05) is 13.7 Å². The number of para-hydroxylation sites is 2. The van der Waals surface area contributed by atoms with Crippen LogP contribution in [0.15, 0.2) is 46.9 Å². The molecule has 2 N–H and O–H groups in total. The molecule has 0 atom stereocenters. The van der Waals surface area contributed by atoms with Crippen LogP contribution in [0, 0.1) is 0 Å². The first-order valence-electron chi connectivity index (χ1n) is 7.88. The molecule has 2 heterocycles. The fourth-order valence-electron chi connectivity index (χ4n) is 2.32. The summed E-state index contributed by atoms with van der Waals surface area (Å²) in [5, 5.41) is 2.54. The number of thioether (sulfide) groups is 1. The van der Waals surface area contributed by atoms with E-state index in [1.54, 1.807) is 24.6 Å². The number of nitrogens with zero attached hydrogens (tertiary/aromatic N) is 2. The van der Waals surface area contributed by atoms with Gasteiger partial charge >= 0.3 is 0 Å². The molecule has 2 amide bonds. The van der Waals surface area contributed by atoms with Crippen molar-refractivity contribution in [3.05, 3.63) is 46.7 Å². The second kappa shape index (κ2) is 8.84. The second-order valence-electron chi connectivity index (χ2n) is 5.30. The number of methoxy groups -OCH3 is 1. The topological polar surface area (TPSA) is 85.2 Å². The van der Waals surface area contributed by atoms with E-state index in [0.29, 0.717) is 18.0 Å². The highest BCUT2D eigenvalue weighted by atomic mass is 32.2. The van der Waals surface area contributed by atoms with Gasteiger partial charge in [-0.25, -0.2) is 4.98 Å². The zero-order valence-corrected chi connectivity index (χ0v) is 15.7. The van der Waals surface area contributed by atoms with Crippen LogP contribution in [0.25, 0.3) is 11.0 Å². The number of carbonyl (C=O) groups is 2. The lowest BCUT2D eigenvalue weighted by molar-refractivity contribution is -0.119. The Kier molecular flexibility index (Phi) is 6.26. The number of hydrogen-bond donors (Lipinski definition) is 2. The van der Waals surface area contributed by atoms with Crippen LogP contribution in [0.1, 0.15) is 9.67 Å². The lowest BCUT2D eigenvalue weighted by Gasteiger charge is -2.09. The molecule has 0 saturated carbocycles. The number of nitrogens with one attached hydrogen (secondary N) is 2. The van der Waals surface area contributed by atoms with Crippen molar-refractivity contribution in [2.24, 2.45) is 0 Å². The second-order valence-corrected chi connectivity index (χ2v) is 7.19. The molecular weight excluding hydrogens is 372 g/mol. The smallest absolute Gasteiger partial charge is 0.279 e. The zero-order valence-electron chi connectivity index (χ0n) is 14.1. The average molecular weight is 390 g/mol. The summed E-state index contributed by atoms with van der Waals surface area (Å²) in [5.74, 6) is -0.489. The monoisotopic (exact) mass is 390 g/mol. The highest BCUT2D eigenvalue weighted by molar-refractivity contribution is 7.99. The van der Waals surface area contributed by atoms with E-state index in [-0.39, 0.29) is 17.6 Å². The van der Waals surface area contributed by atoms with Gasteiger partial charge in [-0.1, -0.05) is 30.0 Å². The predicted molar refractivity (Wildman–Crippen MR) is 102 cm³/mol. The zero-order chi connectivity index (χ0) is 18.4. The van der Waals surface area contributed by atoms with Crippen molar-refractivity contribution >= 4 is 45.9 Å². The normalized spacial score (nSPS) is 10.8. The van der Waals surface area contributed by atoms with E-state index >= 15 is 0 Å². The van der Waals surface area contributed by atoms with E-state index in [2.05, 4.69) is 15.8 Å². The number of ether oxygens (including phenoxy) is 1. The average Bonchev–Trinajstić information content (AvgIpc) is 3.30. The largest absolute Gasteiger partial charge is 0.383 e. The van der Waals surface area contributed by atoms with Crippen LogP contribution in [0.3, 0.4) is 0 Å². The van der Waals surface area contributed by atoms with E-state index in [0.717, 1.165) is 16.2 Å². The summed E-state index contributed by atoms with van der Waals surface area (Å²) < 4.78 is 7.19. The van der Waals surface area contributed by atoms with Gasteiger partial charge in [-0.15, -0.1) is 11.3 Å². The summed E-state index contributed by atoms with van der Waals surface area (Å²) in [6, 6.07) is 11.3. The molecule has 0 fully saturated rings. The van der Waals surface area contributed by atoms with Crippen molar-refractivity contribution in [2.45, 2.75) is 11.7 Å². The molecular formula is C17H18N4O3S2. The molecule has 0 aliphatic rings. The number of fused-ring (bicyclic) bond motifs is 1. The standard InChI is InChI=1S/C17H18N4O3S2/c1-24-9-8-21-13-6-3-2-5-12(13)18-17(21)26-11-15(22)19-20-16(23)14-7-4-10-25-14/h2-7,10H,8-9,11H2,1H3,(H,19,22)(H,20,23). The highest BCUT2D eigenvalue weighted by Gasteiger charge is 2.13. The van der Waals surface area contributed by atoms with Crippen LogP contribution >= 0.6 is 23.1 Å². The molecule has 2 aromatic heterocycles. The maximum atomic E-state index is 12.0. The van der Waals surface area contributed by atoms with Gasteiger partial charge < -0.3 is 9.30 Å². The molecule has 3 rings (SSSR count). The first-order valence-corrected chi connectivity index (χ1v) is 9.75. The van der Waals surface area contributed by atoms with E-state index in [9.17, 15) is 9.59 Å². The Morgan fingerprint density at radius 3 is 2.85 bits per heavy atom. The maximum absolute atomic E-state index is 12.0. The number of hydrogen-bond acceptors (Lipinski definition) is 6. The molecule has 0 bridgehead atoms. The van der Waals surface area contributed by atoms with Crippen molar-refractivity contribution < 1.29 is 14.3 Å². The van der Waals surface area contributed by atoms with Crippen LogP contribution < -0.4 is 10.9 Å². The molecule has 0 saturated heterocycles. The minimum Gasteiger partial charge on any atom is -0.383 e. The maximum Gasteiger partial charge on any atom is 0.279 e. The van der Waals surface area contributed by atoms with Crippen LogP contribution in [-0.2, 0) is 16.1 Å². The third kappa shape index (κ3) is 4.43. The molecule has 0 radical (unpaired) electrons. The van der Waals surface area contributed by atoms with Gasteiger partial charge in [0.15, 0.2) is 5.16 Å². The van der Waals surface area contributed by atoms with Crippen molar-refractivity contribution in [3.63, 3.8) is 0 Å². The molecule has 26 heavy (non-hydrogen) atoms.